The number of likely N-dealkylation sites (tertiary alicyclic amines) is 1. The molecule has 10 rings (SSSR count). The number of ether oxygens (including phenoxy) is 1. The van der Waals surface area contributed by atoms with Crippen LogP contribution < -0.4 is 25.2 Å². The van der Waals surface area contributed by atoms with Gasteiger partial charge in [0.1, 0.15) is 41.7 Å². The maximum absolute atomic E-state index is 16.0. The van der Waals surface area contributed by atoms with Gasteiger partial charge in [0.05, 0.1) is 28.8 Å². The molecule has 3 amide bonds. The highest BCUT2D eigenvalue weighted by molar-refractivity contribution is 7.90. The van der Waals surface area contributed by atoms with E-state index < -0.39 is 51.0 Å². The number of carbonyl (C=O) groups is 3. The summed E-state index contributed by atoms with van der Waals surface area (Å²) < 4.78 is 81.2. The number of nitrogens with zero attached hydrogens (tertiary/aromatic N) is 7. The van der Waals surface area contributed by atoms with E-state index in [-0.39, 0.29) is 84.8 Å². The zero-order chi connectivity index (χ0) is 48.1. The molecule has 6 heterocycles. The second-order valence-electron chi connectivity index (χ2n) is 18.4. The molecule has 0 spiro atoms. The normalized spacial score (nSPS) is 20.9. The van der Waals surface area contributed by atoms with Crippen LogP contribution in [-0.2, 0) is 26.3 Å². The van der Waals surface area contributed by atoms with Gasteiger partial charge in [-0.05, 0) is 130 Å². The molecule has 358 valence electrons. The minimum absolute atomic E-state index is 0.00501. The van der Waals surface area contributed by atoms with E-state index in [1.54, 1.807) is 18.2 Å². The number of hydrogen-bond acceptors (Lipinski definition) is 11. The number of benzene rings is 4. The first-order valence-corrected chi connectivity index (χ1v) is 24.6. The Labute approximate surface area is 395 Å². The maximum Gasteiger partial charge on any atom is 0.301 e. The topological polar surface area (TPSA) is 190 Å². The van der Waals surface area contributed by atoms with Crippen LogP contribution in [0, 0.1) is 28.9 Å². The third kappa shape index (κ3) is 9.01. The van der Waals surface area contributed by atoms with Gasteiger partial charge in [-0.2, -0.15) is 18.0 Å². The van der Waals surface area contributed by atoms with Gasteiger partial charge in [0.2, 0.25) is 11.8 Å². The fourth-order valence-corrected chi connectivity index (χ4v) is 11.6. The molecular weight excluding hydrogens is 916 g/mol. The molecule has 4 saturated heterocycles. The molecule has 5 aliphatic rings. The summed E-state index contributed by atoms with van der Waals surface area (Å²) in [4.78, 5) is 61.8. The van der Waals surface area contributed by atoms with Gasteiger partial charge < -0.3 is 19.4 Å². The molecule has 16 nitrogen and oxygen atoms in total. The zero-order valence-corrected chi connectivity index (χ0v) is 38.2. The lowest BCUT2D eigenvalue weighted by Gasteiger charge is -2.38. The second-order valence-corrected chi connectivity index (χ2v) is 20.0. The summed E-state index contributed by atoms with van der Waals surface area (Å²) in [5, 5.41) is 12.4. The summed E-state index contributed by atoms with van der Waals surface area (Å²) in [6.45, 7) is 3.98. The van der Waals surface area contributed by atoms with Gasteiger partial charge in [-0.15, -0.1) is 0 Å². The fourth-order valence-electron chi connectivity index (χ4n) is 10.4. The first-order chi connectivity index (χ1) is 33.2. The summed E-state index contributed by atoms with van der Waals surface area (Å²) in [5.41, 5.74) is 2.05. The smallest absolute Gasteiger partial charge is 0.301 e. The van der Waals surface area contributed by atoms with Gasteiger partial charge in [-0.1, -0.05) is 6.07 Å². The predicted molar refractivity (Wildman–Crippen MR) is 248 cm³/mol. The van der Waals surface area contributed by atoms with Crippen molar-refractivity contribution < 1.29 is 40.7 Å². The molecule has 0 aliphatic carbocycles. The average molecular weight is 964 g/mol. The summed E-state index contributed by atoms with van der Waals surface area (Å²) >= 11 is 0. The third-order valence-corrected chi connectivity index (χ3v) is 15.7. The molecule has 5 aliphatic heterocycles. The number of imide groups is 1. The highest BCUT2D eigenvalue weighted by Gasteiger charge is 2.41. The van der Waals surface area contributed by atoms with Crippen molar-refractivity contribution in [1.82, 2.24) is 29.0 Å². The zero-order valence-electron chi connectivity index (χ0n) is 37.4. The van der Waals surface area contributed by atoms with Crippen LogP contribution in [0.1, 0.15) is 77.9 Å². The minimum Gasteiger partial charge on any atom is -0.453 e. The molecule has 0 bridgehead atoms. The third-order valence-electron chi connectivity index (χ3n) is 14.2. The van der Waals surface area contributed by atoms with Crippen LogP contribution in [0.5, 0.6) is 11.5 Å². The van der Waals surface area contributed by atoms with Crippen LogP contribution in [0.25, 0.3) is 16.6 Å². The number of nitriles is 1. The van der Waals surface area contributed by atoms with Crippen LogP contribution in [-0.4, -0.2) is 108 Å². The number of fused-ring (bicyclic) bond motifs is 2. The van der Waals surface area contributed by atoms with Crippen molar-refractivity contribution in [2.24, 2.45) is 5.92 Å². The number of rotatable bonds is 11. The molecule has 20 heteroatoms. The first kappa shape index (κ1) is 45.9. The van der Waals surface area contributed by atoms with Gasteiger partial charge in [-0.25, -0.2) is 18.2 Å². The number of anilines is 2. The number of hydrogen-bond donors (Lipinski definition) is 2. The Morgan fingerprint density at radius 3 is 2.33 bits per heavy atom. The van der Waals surface area contributed by atoms with Crippen molar-refractivity contribution in [1.29, 1.82) is 5.26 Å². The minimum atomic E-state index is -4.25. The van der Waals surface area contributed by atoms with E-state index in [0.29, 0.717) is 28.2 Å². The van der Waals surface area contributed by atoms with Crippen molar-refractivity contribution in [2.75, 3.05) is 55.4 Å². The van der Waals surface area contributed by atoms with E-state index in [0.717, 1.165) is 80.5 Å². The van der Waals surface area contributed by atoms with E-state index >= 15 is 8.78 Å². The molecule has 4 aromatic carbocycles. The van der Waals surface area contributed by atoms with Crippen LogP contribution in [0.2, 0.25) is 0 Å². The Balaban J connectivity index is 0.738. The number of amides is 3. The molecule has 1 aromatic heterocycles. The lowest BCUT2D eigenvalue weighted by molar-refractivity contribution is -0.136. The van der Waals surface area contributed by atoms with Crippen LogP contribution in [0.15, 0.2) is 77.9 Å². The average Bonchev–Trinajstić information content (AvgIpc) is 3.94. The van der Waals surface area contributed by atoms with Crippen LogP contribution >= 0.6 is 0 Å². The molecule has 2 unspecified atom stereocenters. The maximum atomic E-state index is 16.0. The summed E-state index contributed by atoms with van der Waals surface area (Å²) in [6, 6.07) is 18.4. The lowest BCUT2D eigenvalue weighted by atomic mass is 9.86. The van der Waals surface area contributed by atoms with Gasteiger partial charge >= 0.3 is 10.2 Å². The number of carbonyl (C=O) groups excluding carboxylic acids is 3. The van der Waals surface area contributed by atoms with E-state index in [2.05, 4.69) is 24.8 Å². The standard InChI is InChI=1S/C49H48F3N9O7S/c50-31-17-22-59(26-31)69(66,67)56-42-10-8-40(51)46(38(42)24-53)68-34-5-9-41-37(23-34)49(65)61(28-54-41)33-3-1-32(2-4-33)58-20-13-29(14-21-58)25-57-18-15-30(16-19-57)35-6-7-36-39(45(35)52)27-60(48(36)64)43-11-12-44(62)55-47(43)63/h1-10,23,28-31,43,56H,11-22,25-27H2,(H,55,62,63). The highest BCUT2D eigenvalue weighted by atomic mass is 32.2. The molecule has 5 aromatic rings. The predicted octanol–water partition coefficient (Wildman–Crippen LogP) is 5.89. The van der Waals surface area contributed by atoms with Gasteiger partial charge in [0, 0.05) is 56.0 Å². The number of halogens is 3. The molecule has 2 atom stereocenters. The fraction of sp³-hybridized carbons (Fsp3) is 0.388. The summed E-state index contributed by atoms with van der Waals surface area (Å²) in [6.07, 6.45) is 4.10. The lowest BCUT2D eigenvalue weighted by Crippen LogP contribution is -2.52. The van der Waals surface area contributed by atoms with Crippen molar-refractivity contribution in [3.63, 3.8) is 0 Å². The molecule has 69 heavy (non-hydrogen) atoms. The Bertz CT molecular complexity index is 3100. The van der Waals surface area contributed by atoms with E-state index in [9.17, 15) is 37.2 Å². The van der Waals surface area contributed by atoms with E-state index in [4.69, 9.17) is 4.74 Å². The quantitative estimate of drug-likeness (QED) is 0.150. The van der Waals surface area contributed by atoms with Gasteiger partial charge in [-0.3, -0.25) is 33.8 Å². The molecule has 4 fully saturated rings. The number of piperidine rings is 3. The highest BCUT2D eigenvalue weighted by Crippen LogP contribution is 2.38. The Morgan fingerprint density at radius 2 is 1.62 bits per heavy atom. The largest absolute Gasteiger partial charge is 0.453 e. The SMILES string of the molecule is N#Cc1c(NS(=O)(=O)N2CCC(F)C2)ccc(F)c1Oc1ccc2ncn(-c3ccc(N4CCC(CN5CCC(c6ccc7c(c6F)CN(C6CCC(=O)NC6=O)C7=O)CC5)CC4)cc3)c(=O)c2c1. The molecule has 0 saturated carbocycles. The number of nitrogens with one attached hydrogen (secondary N) is 2. The number of aromatic nitrogens is 2. The first-order valence-electron chi connectivity index (χ1n) is 23.1. The Hall–Kier alpha value is -6.82. The van der Waals surface area contributed by atoms with E-state index in [1.165, 1.54) is 34.0 Å². The summed E-state index contributed by atoms with van der Waals surface area (Å²) in [5.74, 6) is -2.60. The van der Waals surface area contributed by atoms with Gasteiger partial charge in [0.25, 0.3) is 11.5 Å². The van der Waals surface area contributed by atoms with Crippen molar-refractivity contribution in [2.45, 2.75) is 69.6 Å². The van der Waals surface area contributed by atoms with Crippen molar-refractivity contribution in [3.05, 3.63) is 117 Å². The van der Waals surface area contributed by atoms with Crippen molar-refractivity contribution >= 4 is 50.2 Å². The molecular formula is C49H48F3N9O7S. The monoisotopic (exact) mass is 963 g/mol. The Morgan fingerprint density at radius 1 is 0.870 bits per heavy atom. The second kappa shape index (κ2) is 18.6. The summed E-state index contributed by atoms with van der Waals surface area (Å²) in [7, 11) is -4.25. The molecule has 0 radical (unpaired) electrons. The van der Waals surface area contributed by atoms with Gasteiger partial charge in [0.15, 0.2) is 11.6 Å². The van der Waals surface area contributed by atoms with Crippen molar-refractivity contribution in [3.8, 4) is 23.3 Å². The van der Waals surface area contributed by atoms with Crippen LogP contribution in [0.3, 0.4) is 0 Å². The molecule has 2 N–H and O–H groups in total. The van der Waals surface area contributed by atoms with E-state index in [1.807, 2.05) is 24.3 Å². The van der Waals surface area contributed by atoms with Crippen LogP contribution in [0.4, 0.5) is 24.5 Å². The Kier molecular flexibility index (Phi) is 12.4. The number of alkyl halides is 1.